The first-order chi connectivity index (χ1) is 7.72. The van der Waals surface area contributed by atoms with E-state index in [2.05, 4.69) is 31.4 Å². The van der Waals surface area contributed by atoms with Gasteiger partial charge in [-0.1, -0.05) is 13.8 Å². The second-order valence-corrected chi connectivity index (χ2v) is 5.74. The Kier molecular flexibility index (Phi) is 7.50. The van der Waals surface area contributed by atoms with Crippen molar-refractivity contribution in [3.05, 3.63) is 0 Å². The molecule has 0 aromatic carbocycles. The van der Waals surface area contributed by atoms with E-state index in [4.69, 9.17) is 4.74 Å². The molecule has 0 atom stereocenters. The van der Waals surface area contributed by atoms with Crippen molar-refractivity contribution in [3.8, 4) is 0 Å². The lowest BCUT2D eigenvalue weighted by atomic mass is 9.97. The largest absolute Gasteiger partial charge is 0.381 e. The molecule has 0 amide bonds. The molecule has 1 saturated heterocycles. The number of ether oxygens (including phenoxy) is 1. The molecule has 0 aliphatic carbocycles. The molecule has 2 nitrogen and oxygen atoms in total. The summed E-state index contributed by atoms with van der Waals surface area (Å²) in [5.41, 5.74) is 0. The maximum Gasteiger partial charge on any atom is 0.0495 e. The van der Waals surface area contributed by atoms with Crippen LogP contribution in [-0.4, -0.2) is 43.5 Å². The lowest BCUT2D eigenvalue weighted by molar-refractivity contribution is 0.0651. The minimum Gasteiger partial charge on any atom is -0.381 e. The van der Waals surface area contributed by atoms with Gasteiger partial charge in [0.25, 0.3) is 0 Å². The molecule has 1 aliphatic heterocycles. The van der Waals surface area contributed by atoms with Gasteiger partial charge in [0.15, 0.2) is 0 Å². The van der Waals surface area contributed by atoms with E-state index in [0.29, 0.717) is 0 Å². The molecule has 0 saturated carbocycles. The monoisotopic (exact) mass is 245 g/mol. The molecule has 16 heavy (non-hydrogen) atoms. The number of hydrogen-bond donors (Lipinski definition) is 1. The molecule has 0 unspecified atom stereocenters. The Morgan fingerprint density at radius 3 is 2.56 bits per heavy atom. The van der Waals surface area contributed by atoms with E-state index < -0.39 is 0 Å². The van der Waals surface area contributed by atoms with Crippen LogP contribution in [0.4, 0.5) is 0 Å². The van der Waals surface area contributed by atoms with Crippen LogP contribution in [0.2, 0.25) is 0 Å². The van der Waals surface area contributed by atoms with E-state index >= 15 is 0 Å². The molecule has 96 valence electrons. The lowest BCUT2D eigenvalue weighted by Gasteiger charge is -2.32. The van der Waals surface area contributed by atoms with E-state index in [1.165, 1.54) is 32.5 Å². The van der Waals surface area contributed by atoms with Crippen molar-refractivity contribution in [1.82, 2.24) is 4.90 Å². The van der Waals surface area contributed by atoms with E-state index in [1.54, 1.807) is 0 Å². The van der Waals surface area contributed by atoms with Gasteiger partial charge >= 0.3 is 0 Å². The fourth-order valence-corrected chi connectivity index (χ4v) is 2.40. The first kappa shape index (κ1) is 14.3. The Morgan fingerprint density at radius 1 is 1.31 bits per heavy atom. The maximum atomic E-state index is 5.66. The number of nitrogens with zero attached hydrogens (tertiary/aromatic N) is 1. The first-order valence-corrected chi connectivity index (χ1v) is 7.26. The molecular weight excluding hydrogens is 218 g/mol. The van der Waals surface area contributed by atoms with Crippen LogP contribution in [0.3, 0.4) is 0 Å². The molecular formula is C13H27NOS. The van der Waals surface area contributed by atoms with Crippen LogP contribution in [0.15, 0.2) is 0 Å². The molecule has 0 bridgehead atoms. The van der Waals surface area contributed by atoms with E-state index in [-0.39, 0.29) is 0 Å². The molecule has 1 aliphatic rings. The van der Waals surface area contributed by atoms with Crippen LogP contribution in [0.1, 0.15) is 33.1 Å². The standard InChI is InChI=1S/C13H27NOS/c1-12(2)10-14-6-4-13(5-7-14)11-15-8-3-9-16/h12-13,16H,3-11H2,1-2H3. The molecule has 3 heteroatoms. The number of hydrogen-bond acceptors (Lipinski definition) is 3. The summed E-state index contributed by atoms with van der Waals surface area (Å²) in [4.78, 5) is 2.59. The van der Waals surface area contributed by atoms with Crippen molar-refractivity contribution in [2.45, 2.75) is 33.1 Å². The van der Waals surface area contributed by atoms with Gasteiger partial charge in [0, 0.05) is 19.8 Å². The van der Waals surface area contributed by atoms with Crippen LogP contribution in [0, 0.1) is 11.8 Å². The van der Waals surface area contributed by atoms with Crippen molar-refractivity contribution in [1.29, 1.82) is 0 Å². The molecule has 0 aromatic rings. The number of piperidine rings is 1. The summed E-state index contributed by atoms with van der Waals surface area (Å²) >= 11 is 4.18. The Hall–Kier alpha value is 0.270. The minimum atomic E-state index is 0.795. The van der Waals surface area contributed by atoms with E-state index in [0.717, 1.165) is 37.2 Å². The van der Waals surface area contributed by atoms with Gasteiger partial charge in [0.1, 0.15) is 0 Å². The van der Waals surface area contributed by atoms with Crippen LogP contribution < -0.4 is 0 Å². The maximum absolute atomic E-state index is 5.66. The molecule has 0 spiro atoms. The van der Waals surface area contributed by atoms with Crippen LogP contribution in [0.5, 0.6) is 0 Å². The summed E-state index contributed by atoms with van der Waals surface area (Å²) in [6.45, 7) is 10.2. The number of rotatable bonds is 7. The molecule has 0 radical (unpaired) electrons. The highest BCUT2D eigenvalue weighted by Gasteiger charge is 2.19. The Morgan fingerprint density at radius 2 is 2.00 bits per heavy atom. The molecule has 0 aromatic heterocycles. The summed E-state index contributed by atoms with van der Waals surface area (Å²) in [5.74, 6) is 2.53. The lowest BCUT2D eigenvalue weighted by Crippen LogP contribution is -2.37. The molecule has 1 heterocycles. The topological polar surface area (TPSA) is 12.5 Å². The van der Waals surface area contributed by atoms with Crippen molar-refractivity contribution in [3.63, 3.8) is 0 Å². The van der Waals surface area contributed by atoms with Crippen LogP contribution in [0.25, 0.3) is 0 Å². The fraction of sp³-hybridized carbons (Fsp3) is 1.00. The van der Waals surface area contributed by atoms with Crippen LogP contribution >= 0.6 is 12.6 Å². The second-order valence-electron chi connectivity index (χ2n) is 5.29. The Bertz CT molecular complexity index is 167. The number of thiol groups is 1. The predicted octanol–water partition coefficient (Wildman–Crippen LogP) is 2.69. The minimum absolute atomic E-state index is 0.795. The van der Waals surface area contributed by atoms with Crippen LogP contribution in [-0.2, 0) is 4.74 Å². The first-order valence-electron chi connectivity index (χ1n) is 6.63. The molecule has 0 N–H and O–H groups in total. The molecule has 1 rings (SSSR count). The highest BCUT2D eigenvalue weighted by Crippen LogP contribution is 2.18. The smallest absolute Gasteiger partial charge is 0.0495 e. The SMILES string of the molecule is CC(C)CN1CCC(COCCCS)CC1. The summed E-state index contributed by atoms with van der Waals surface area (Å²) in [6, 6.07) is 0. The zero-order valence-electron chi connectivity index (χ0n) is 10.8. The van der Waals surface area contributed by atoms with Gasteiger partial charge < -0.3 is 9.64 Å². The third-order valence-electron chi connectivity index (χ3n) is 3.13. The summed E-state index contributed by atoms with van der Waals surface area (Å²) < 4.78 is 5.66. The van der Waals surface area contributed by atoms with Gasteiger partial charge in [0.2, 0.25) is 0 Å². The summed E-state index contributed by atoms with van der Waals surface area (Å²) in [6.07, 6.45) is 3.70. The van der Waals surface area contributed by atoms with Gasteiger partial charge in [-0.15, -0.1) is 0 Å². The third kappa shape index (κ3) is 6.12. The Balaban J connectivity index is 2.03. The van der Waals surface area contributed by atoms with Crippen molar-refractivity contribution >= 4 is 12.6 Å². The van der Waals surface area contributed by atoms with Gasteiger partial charge in [-0.25, -0.2) is 0 Å². The third-order valence-corrected chi connectivity index (χ3v) is 3.45. The zero-order chi connectivity index (χ0) is 11.8. The van der Waals surface area contributed by atoms with E-state index in [1.807, 2.05) is 0 Å². The molecule has 1 fully saturated rings. The summed E-state index contributed by atoms with van der Waals surface area (Å²) in [5, 5.41) is 0. The highest BCUT2D eigenvalue weighted by atomic mass is 32.1. The summed E-state index contributed by atoms with van der Waals surface area (Å²) in [7, 11) is 0. The van der Waals surface area contributed by atoms with Crippen molar-refractivity contribution < 1.29 is 4.74 Å². The van der Waals surface area contributed by atoms with Gasteiger partial charge in [-0.05, 0) is 49.9 Å². The average Bonchev–Trinajstić information content (AvgIpc) is 2.26. The van der Waals surface area contributed by atoms with Gasteiger partial charge in [0.05, 0.1) is 0 Å². The van der Waals surface area contributed by atoms with E-state index in [9.17, 15) is 0 Å². The van der Waals surface area contributed by atoms with Gasteiger partial charge in [-0.3, -0.25) is 0 Å². The zero-order valence-corrected chi connectivity index (χ0v) is 11.7. The van der Waals surface area contributed by atoms with Crippen molar-refractivity contribution in [2.24, 2.45) is 11.8 Å². The highest BCUT2D eigenvalue weighted by molar-refractivity contribution is 7.80. The Labute approximate surface area is 106 Å². The van der Waals surface area contributed by atoms with Gasteiger partial charge in [-0.2, -0.15) is 12.6 Å². The average molecular weight is 245 g/mol. The normalized spacial score (nSPS) is 19.5. The number of likely N-dealkylation sites (tertiary alicyclic amines) is 1. The quantitative estimate of drug-likeness (QED) is 0.547. The predicted molar refractivity (Wildman–Crippen MR) is 73.3 cm³/mol. The fourth-order valence-electron chi connectivity index (χ4n) is 2.27. The van der Waals surface area contributed by atoms with Crippen molar-refractivity contribution in [2.75, 3.05) is 38.6 Å². The second kappa shape index (κ2) is 8.37.